The lowest BCUT2D eigenvalue weighted by Gasteiger charge is -1.77. The van der Waals surface area contributed by atoms with Crippen LogP contribution in [0.2, 0.25) is 0 Å². The molecule has 8 heavy (non-hydrogen) atoms. The number of carboxylic acids is 1. The Morgan fingerprint density at radius 3 is 2.50 bits per heavy atom. The Hall–Kier alpha value is -0.990. The zero-order valence-corrected chi connectivity index (χ0v) is 4.47. The fourth-order valence-electron chi connectivity index (χ4n) is 0.457. The molecule has 0 fully saturated rings. The maximum absolute atomic E-state index is 9.88. The number of aliphatic carboxylic acids is 1. The van der Waals surface area contributed by atoms with E-state index in [-0.39, 0.29) is 6.42 Å². The molecule has 0 spiro atoms. The van der Waals surface area contributed by atoms with Crippen LogP contribution in [0, 0.1) is 0 Å². The number of rotatable bonds is 2. The average molecular weight is 114 g/mol. The SMILES string of the molecule is CC1=C(CC(=O)O)O1. The van der Waals surface area contributed by atoms with Crippen LogP contribution in [0.3, 0.4) is 0 Å². The van der Waals surface area contributed by atoms with Crippen LogP contribution in [0.25, 0.3) is 0 Å². The van der Waals surface area contributed by atoms with Crippen LogP contribution in [-0.4, -0.2) is 11.1 Å². The summed E-state index contributed by atoms with van der Waals surface area (Å²) in [5.41, 5.74) is 0. The van der Waals surface area contributed by atoms with Gasteiger partial charge in [-0.1, -0.05) is 0 Å². The first-order chi connectivity index (χ1) is 3.70. The third kappa shape index (κ3) is 0.992. The third-order valence-electron chi connectivity index (χ3n) is 0.939. The summed E-state index contributed by atoms with van der Waals surface area (Å²) >= 11 is 0. The third-order valence-corrected chi connectivity index (χ3v) is 0.939. The molecule has 1 rings (SSSR count). The van der Waals surface area contributed by atoms with E-state index >= 15 is 0 Å². The van der Waals surface area contributed by atoms with Gasteiger partial charge in [-0.3, -0.25) is 4.79 Å². The number of hydrogen-bond donors (Lipinski definition) is 1. The summed E-state index contributed by atoms with van der Waals surface area (Å²) in [6.45, 7) is 1.75. The standard InChI is InChI=1S/C5H6O3/c1-3-4(8-3)2-5(6)7/h2H2,1H3,(H,6,7). The molecule has 0 saturated heterocycles. The van der Waals surface area contributed by atoms with Crippen molar-refractivity contribution in [1.29, 1.82) is 0 Å². The van der Waals surface area contributed by atoms with Crippen molar-refractivity contribution in [2.45, 2.75) is 13.3 Å². The van der Waals surface area contributed by atoms with Crippen LogP contribution in [0.5, 0.6) is 0 Å². The quantitative estimate of drug-likeness (QED) is 0.575. The van der Waals surface area contributed by atoms with E-state index in [9.17, 15) is 4.79 Å². The zero-order valence-electron chi connectivity index (χ0n) is 4.47. The molecule has 0 aromatic carbocycles. The second-order valence-electron chi connectivity index (χ2n) is 1.65. The fraction of sp³-hybridized carbons (Fsp3) is 0.400. The summed E-state index contributed by atoms with van der Waals surface area (Å²) in [7, 11) is 0. The lowest BCUT2D eigenvalue weighted by atomic mass is 10.4. The average Bonchev–Trinajstić information content (AvgIpc) is 2.17. The second kappa shape index (κ2) is 1.51. The lowest BCUT2D eigenvalue weighted by Crippen LogP contribution is -1.91. The van der Waals surface area contributed by atoms with E-state index in [2.05, 4.69) is 4.74 Å². The molecule has 1 aliphatic rings. The van der Waals surface area contributed by atoms with Crippen molar-refractivity contribution in [2.24, 2.45) is 0 Å². The summed E-state index contributed by atoms with van der Waals surface area (Å²) in [5.74, 6) is 0.529. The van der Waals surface area contributed by atoms with Crippen LogP contribution in [-0.2, 0) is 9.53 Å². The minimum absolute atomic E-state index is 0.0336. The van der Waals surface area contributed by atoms with E-state index in [1.54, 1.807) is 6.92 Å². The molecule has 0 atom stereocenters. The highest BCUT2D eigenvalue weighted by molar-refractivity contribution is 5.70. The highest BCUT2D eigenvalue weighted by Gasteiger charge is 2.21. The van der Waals surface area contributed by atoms with E-state index < -0.39 is 5.97 Å². The molecule has 3 heteroatoms. The predicted molar refractivity (Wildman–Crippen MR) is 26.0 cm³/mol. The molecule has 0 aliphatic carbocycles. The maximum atomic E-state index is 9.88. The number of carboxylic acid groups (broad SMARTS) is 1. The molecule has 1 heterocycles. The van der Waals surface area contributed by atoms with Crippen LogP contribution in [0.15, 0.2) is 11.5 Å². The first kappa shape index (κ1) is 5.15. The molecule has 0 aromatic rings. The molecule has 3 nitrogen and oxygen atoms in total. The van der Waals surface area contributed by atoms with Crippen molar-refractivity contribution in [1.82, 2.24) is 0 Å². The second-order valence-corrected chi connectivity index (χ2v) is 1.65. The van der Waals surface area contributed by atoms with E-state index in [1.807, 2.05) is 0 Å². The smallest absolute Gasteiger partial charge is 0.311 e. The van der Waals surface area contributed by atoms with Gasteiger partial charge in [-0.25, -0.2) is 0 Å². The number of carbonyl (C=O) groups is 1. The minimum atomic E-state index is -0.836. The topological polar surface area (TPSA) is 49.8 Å². The van der Waals surface area contributed by atoms with Gasteiger partial charge in [-0.15, -0.1) is 0 Å². The van der Waals surface area contributed by atoms with Gasteiger partial charge < -0.3 is 9.84 Å². The van der Waals surface area contributed by atoms with Gasteiger partial charge in [0.05, 0.1) is 0 Å². The molecule has 1 N–H and O–H groups in total. The summed E-state index contributed by atoms with van der Waals surface area (Å²) < 4.78 is 4.68. The van der Waals surface area contributed by atoms with Gasteiger partial charge in [0.25, 0.3) is 0 Å². The van der Waals surface area contributed by atoms with Crippen LogP contribution >= 0.6 is 0 Å². The van der Waals surface area contributed by atoms with Gasteiger partial charge in [0.1, 0.15) is 12.2 Å². The van der Waals surface area contributed by atoms with E-state index in [0.717, 1.165) is 5.76 Å². The Balaban J connectivity index is 2.33. The van der Waals surface area contributed by atoms with Crippen molar-refractivity contribution in [3.8, 4) is 0 Å². The molecule has 1 aliphatic heterocycles. The normalized spacial score (nSPS) is 15.6. The molecule has 0 amide bonds. The molecular formula is C5H6O3. The first-order valence-corrected chi connectivity index (χ1v) is 2.29. The number of ether oxygens (including phenoxy) is 1. The summed E-state index contributed by atoms with van der Waals surface area (Å²) in [5, 5.41) is 8.13. The van der Waals surface area contributed by atoms with Crippen molar-refractivity contribution < 1.29 is 14.6 Å². The predicted octanol–water partition coefficient (Wildman–Crippen LogP) is 0.723. The van der Waals surface area contributed by atoms with Gasteiger partial charge in [-0.05, 0) is 6.92 Å². The van der Waals surface area contributed by atoms with E-state index in [1.165, 1.54) is 0 Å². The fourth-order valence-corrected chi connectivity index (χ4v) is 0.457. The van der Waals surface area contributed by atoms with Gasteiger partial charge in [0.2, 0.25) is 0 Å². The zero-order chi connectivity index (χ0) is 6.15. The van der Waals surface area contributed by atoms with Crippen LogP contribution in [0.4, 0.5) is 0 Å². The van der Waals surface area contributed by atoms with E-state index in [0.29, 0.717) is 5.76 Å². The Morgan fingerprint density at radius 2 is 2.38 bits per heavy atom. The van der Waals surface area contributed by atoms with Gasteiger partial charge in [-0.2, -0.15) is 0 Å². The Labute approximate surface area is 46.6 Å². The number of allylic oxidation sites excluding steroid dienone is 1. The van der Waals surface area contributed by atoms with Gasteiger partial charge in [0.15, 0.2) is 5.76 Å². The monoisotopic (exact) mass is 114 g/mol. The molecule has 0 bridgehead atoms. The van der Waals surface area contributed by atoms with E-state index in [4.69, 9.17) is 5.11 Å². The van der Waals surface area contributed by atoms with Crippen LogP contribution in [0.1, 0.15) is 13.3 Å². The Morgan fingerprint density at radius 1 is 1.88 bits per heavy atom. The Bertz CT molecular complexity index is 157. The largest absolute Gasteiger partial charge is 0.481 e. The highest BCUT2D eigenvalue weighted by Crippen LogP contribution is 2.27. The first-order valence-electron chi connectivity index (χ1n) is 2.29. The molecule has 0 aromatic heterocycles. The minimum Gasteiger partial charge on any atom is -0.481 e. The molecule has 0 saturated carbocycles. The molecule has 0 unspecified atom stereocenters. The highest BCUT2D eigenvalue weighted by atomic mass is 16.6. The molecule has 0 radical (unpaired) electrons. The summed E-state index contributed by atoms with van der Waals surface area (Å²) in [6.07, 6.45) is 0.0336. The summed E-state index contributed by atoms with van der Waals surface area (Å²) in [4.78, 5) is 9.88. The van der Waals surface area contributed by atoms with Crippen molar-refractivity contribution in [3.63, 3.8) is 0 Å². The summed E-state index contributed by atoms with van der Waals surface area (Å²) in [6, 6.07) is 0. The van der Waals surface area contributed by atoms with Crippen molar-refractivity contribution in [2.75, 3.05) is 0 Å². The Kier molecular flexibility index (Phi) is 0.970. The van der Waals surface area contributed by atoms with Gasteiger partial charge >= 0.3 is 5.97 Å². The molecule has 44 valence electrons. The lowest BCUT2D eigenvalue weighted by molar-refractivity contribution is -0.136. The van der Waals surface area contributed by atoms with Crippen molar-refractivity contribution >= 4 is 5.97 Å². The molecular weight excluding hydrogens is 108 g/mol. The number of hydrogen-bond acceptors (Lipinski definition) is 2. The van der Waals surface area contributed by atoms with Gasteiger partial charge in [0, 0.05) is 0 Å². The maximum Gasteiger partial charge on any atom is 0.311 e. The van der Waals surface area contributed by atoms with Crippen LogP contribution < -0.4 is 0 Å². The van der Waals surface area contributed by atoms with Crippen molar-refractivity contribution in [3.05, 3.63) is 11.5 Å².